The van der Waals surface area contributed by atoms with Crippen LogP contribution >= 0.6 is 0 Å². The van der Waals surface area contributed by atoms with Crippen molar-refractivity contribution in [3.8, 4) is 0 Å². The van der Waals surface area contributed by atoms with Crippen molar-refractivity contribution in [3.63, 3.8) is 0 Å². The lowest BCUT2D eigenvalue weighted by Gasteiger charge is -2.30. The molecule has 0 saturated carbocycles. The van der Waals surface area contributed by atoms with Gasteiger partial charge < -0.3 is 9.73 Å². The highest BCUT2D eigenvalue weighted by Gasteiger charge is 2.19. The van der Waals surface area contributed by atoms with Gasteiger partial charge in [-0.2, -0.15) is 0 Å². The molecule has 1 N–H and O–H groups in total. The van der Waals surface area contributed by atoms with Crippen LogP contribution in [0.15, 0.2) is 10.5 Å². The zero-order valence-corrected chi connectivity index (χ0v) is 12.0. The molecule has 1 saturated heterocycles. The first-order valence-corrected chi connectivity index (χ1v) is 7.18. The van der Waals surface area contributed by atoms with Crippen LogP contribution in [-0.2, 0) is 13.1 Å². The Morgan fingerprint density at radius 2 is 2.11 bits per heavy atom. The van der Waals surface area contributed by atoms with E-state index in [2.05, 4.69) is 30.1 Å². The summed E-state index contributed by atoms with van der Waals surface area (Å²) in [6, 6.07) is 2.19. The SMILES string of the molecule is CCC1CCN(Cc2cc(C)c(CNC)o2)CC1. The monoisotopic (exact) mass is 250 g/mol. The zero-order valence-electron chi connectivity index (χ0n) is 12.0. The van der Waals surface area contributed by atoms with E-state index in [9.17, 15) is 0 Å². The normalized spacial score (nSPS) is 18.4. The van der Waals surface area contributed by atoms with Crippen molar-refractivity contribution in [3.05, 3.63) is 23.2 Å². The van der Waals surface area contributed by atoms with Crippen molar-refractivity contribution in [2.24, 2.45) is 5.92 Å². The van der Waals surface area contributed by atoms with Crippen molar-refractivity contribution in [1.29, 1.82) is 0 Å². The van der Waals surface area contributed by atoms with Gasteiger partial charge in [0, 0.05) is 0 Å². The number of piperidine rings is 1. The van der Waals surface area contributed by atoms with Gasteiger partial charge in [0.1, 0.15) is 11.5 Å². The van der Waals surface area contributed by atoms with Gasteiger partial charge in [0.2, 0.25) is 0 Å². The van der Waals surface area contributed by atoms with Crippen LogP contribution in [0.25, 0.3) is 0 Å². The van der Waals surface area contributed by atoms with Crippen LogP contribution in [-0.4, -0.2) is 25.0 Å². The van der Waals surface area contributed by atoms with Crippen molar-refractivity contribution in [2.75, 3.05) is 20.1 Å². The van der Waals surface area contributed by atoms with Gasteiger partial charge in [-0.05, 0) is 57.5 Å². The molecule has 0 atom stereocenters. The highest BCUT2D eigenvalue weighted by molar-refractivity contribution is 5.20. The maximum atomic E-state index is 5.91. The summed E-state index contributed by atoms with van der Waals surface area (Å²) in [5.74, 6) is 3.14. The van der Waals surface area contributed by atoms with Crippen LogP contribution in [0.4, 0.5) is 0 Å². The van der Waals surface area contributed by atoms with Crippen LogP contribution < -0.4 is 5.32 Å². The molecule has 1 aromatic rings. The Labute approximate surface area is 111 Å². The smallest absolute Gasteiger partial charge is 0.120 e. The van der Waals surface area contributed by atoms with E-state index in [4.69, 9.17) is 4.42 Å². The number of rotatable bonds is 5. The predicted octanol–water partition coefficient (Wildman–Crippen LogP) is 2.93. The lowest BCUT2D eigenvalue weighted by Crippen LogP contribution is -2.32. The van der Waals surface area contributed by atoms with Crippen molar-refractivity contribution in [2.45, 2.75) is 46.2 Å². The van der Waals surface area contributed by atoms with Gasteiger partial charge in [-0.3, -0.25) is 4.90 Å². The van der Waals surface area contributed by atoms with E-state index in [1.54, 1.807) is 0 Å². The lowest BCUT2D eigenvalue weighted by molar-refractivity contribution is 0.163. The molecular weight excluding hydrogens is 224 g/mol. The molecule has 2 rings (SSSR count). The molecule has 1 aromatic heterocycles. The molecule has 1 fully saturated rings. The Morgan fingerprint density at radius 1 is 1.39 bits per heavy atom. The molecule has 18 heavy (non-hydrogen) atoms. The van der Waals surface area contributed by atoms with E-state index >= 15 is 0 Å². The van der Waals surface area contributed by atoms with E-state index < -0.39 is 0 Å². The number of hydrogen-bond acceptors (Lipinski definition) is 3. The molecule has 0 aliphatic carbocycles. The topological polar surface area (TPSA) is 28.4 Å². The molecule has 0 bridgehead atoms. The van der Waals surface area contributed by atoms with Gasteiger partial charge in [-0.1, -0.05) is 13.3 Å². The number of hydrogen-bond donors (Lipinski definition) is 1. The molecule has 0 aromatic carbocycles. The molecule has 1 aliphatic heterocycles. The van der Waals surface area contributed by atoms with E-state index in [1.807, 2.05) is 7.05 Å². The summed E-state index contributed by atoms with van der Waals surface area (Å²) >= 11 is 0. The van der Waals surface area contributed by atoms with Gasteiger partial charge >= 0.3 is 0 Å². The molecule has 0 unspecified atom stereocenters. The third-order valence-corrected chi connectivity index (χ3v) is 4.07. The molecule has 102 valence electrons. The molecule has 2 heterocycles. The second-order valence-corrected chi connectivity index (χ2v) is 5.48. The van der Waals surface area contributed by atoms with Crippen molar-refractivity contribution >= 4 is 0 Å². The minimum absolute atomic E-state index is 0.823. The summed E-state index contributed by atoms with van der Waals surface area (Å²) in [5, 5.41) is 3.15. The minimum atomic E-state index is 0.823. The fraction of sp³-hybridized carbons (Fsp3) is 0.733. The quantitative estimate of drug-likeness (QED) is 0.871. The van der Waals surface area contributed by atoms with E-state index in [-0.39, 0.29) is 0 Å². The van der Waals surface area contributed by atoms with Gasteiger partial charge in [0.05, 0.1) is 13.1 Å². The summed E-state index contributed by atoms with van der Waals surface area (Å²) in [5.41, 5.74) is 1.27. The molecule has 3 heteroatoms. The number of furan rings is 1. The van der Waals surface area contributed by atoms with Gasteiger partial charge in [0.25, 0.3) is 0 Å². The maximum Gasteiger partial charge on any atom is 0.120 e. The van der Waals surface area contributed by atoms with Crippen LogP contribution in [0, 0.1) is 12.8 Å². The van der Waals surface area contributed by atoms with Crippen LogP contribution in [0.2, 0.25) is 0 Å². The number of nitrogens with zero attached hydrogens (tertiary/aromatic N) is 1. The van der Waals surface area contributed by atoms with Crippen molar-refractivity contribution < 1.29 is 4.42 Å². The summed E-state index contributed by atoms with van der Waals surface area (Å²) in [6.45, 7) is 8.67. The predicted molar refractivity (Wildman–Crippen MR) is 74.5 cm³/mol. The summed E-state index contributed by atoms with van der Waals surface area (Å²) < 4.78 is 5.91. The average Bonchev–Trinajstić information content (AvgIpc) is 2.71. The number of likely N-dealkylation sites (tertiary alicyclic amines) is 1. The third-order valence-electron chi connectivity index (χ3n) is 4.07. The second-order valence-electron chi connectivity index (χ2n) is 5.48. The lowest BCUT2D eigenvalue weighted by atomic mass is 9.94. The first kappa shape index (κ1) is 13.6. The highest BCUT2D eigenvalue weighted by atomic mass is 16.3. The fourth-order valence-corrected chi connectivity index (χ4v) is 2.78. The molecule has 0 amide bonds. The first-order chi connectivity index (χ1) is 8.72. The third kappa shape index (κ3) is 3.36. The summed E-state index contributed by atoms with van der Waals surface area (Å²) in [4.78, 5) is 2.52. The van der Waals surface area contributed by atoms with Crippen LogP contribution in [0.3, 0.4) is 0 Å². The van der Waals surface area contributed by atoms with E-state index in [0.717, 1.165) is 30.5 Å². The van der Waals surface area contributed by atoms with Crippen LogP contribution in [0.1, 0.15) is 43.3 Å². The van der Waals surface area contributed by atoms with Gasteiger partial charge in [-0.25, -0.2) is 0 Å². The van der Waals surface area contributed by atoms with Crippen LogP contribution in [0.5, 0.6) is 0 Å². The molecule has 3 nitrogen and oxygen atoms in total. The van der Waals surface area contributed by atoms with Crippen molar-refractivity contribution in [1.82, 2.24) is 10.2 Å². The fourth-order valence-electron chi connectivity index (χ4n) is 2.78. The van der Waals surface area contributed by atoms with Gasteiger partial charge in [-0.15, -0.1) is 0 Å². The molecule has 0 radical (unpaired) electrons. The summed E-state index contributed by atoms with van der Waals surface area (Å²) in [6.07, 6.45) is 4.03. The largest absolute Gasteiger partial charge is 0.463 e. The zero-order chi connectivity index (χ0) is 13.0. The Kier molecular flexibility index (Phi) is 4.84. The summed E-state index contributed by atoms with van der Waals surface area (Å²) in [7, 11) is 1.96. The Bertz CT molecular complexity index is 365. The van der Waals surface area contributed by atoms with Gasteiger partial charge in [0.15, 0.2) is 0 Å². The Hall–Kier alpha value is -0.800. The number of nitrogens with one attached hydrogen (secondary N) is 1. The molecule has 0 spiro atoms. The highest BCUT2D eigenvalue weighted by Crippen LogP contribution is 2.22. The minimum Gasteiger partial charge on any atom is -0.463 e. The Morgan fingerprint density at radius 3 is 2.72 bits per heavy atom. The molecule has 1 aliphatic rings. The Balaban J connectivity index is 1.88. The standard InChI is InChI=1S/C15H26N2O/c1-4-13-5-7-17(8-6-13)11-14-9-12(2)15(18-14)10-16-3/h9,13,16H,4-8,10-11H2,1-3H3. The molecular formula is C15H26N2O. The second kappa shape index (κ2) is 6.39. The first-order valence-electron chi connectivity index (χ1n) is 7.18. The van der Waals surface area contributed by atoms with E-state index in [1.165, 1.54) is 37.9 Å². The number of aryl methyl sites for hydroxylation is 1. The average molecular weight is 250 g/mol. The maximum absolute atomic E-state index is 5.91. The van der Waals surface area contributed by atoms with E-state index in [0.29, 0.717) is 0 Å².